The van der Waals surface area contributed by atoms with E-state index in [1.807, 2.05) is 12.2 Å². The number of hydrogen-bond acceptors (Lipinski definition) is 5. The third-order valence-electron chi connectivity index (χ3n) is 6.17. The lowest BCUT2D eigenvalue weighted by Gasteiger charge is -2.27. The van der Waals surface area contributed by atoms with E-state index < -0.39 is 23.5 Å². The summed E-state index contributed by atoms with van der Waals surface area (Å²) in [6.07, 6.45) is 6.50. The highest BCUT2D eigenvalue weighted by Gasteiger charge is 2.67. The van der Waals surface area contributed by atoms with Gasteiger partial charge >= 0.3 is 0 Å². The van der Waals surface area contributed by atoms with Crippen molar-refractivity contribution >= 4 is 11.8 Å². The second-order valence-corrected chi connectivity index (χ2v) is 8.12. The van der Waals surface area contributed by atoms with Crippen LogP contribution in [0.1, 0.15) is 11.3 Å². The number of fused-ring (bicyclic) bond motifs is 1. The third-order valence-corrected chi connectivity index (χ3v) is 6.17. The van der Waals surface area contributed by atoms with Crippen molar-refractivity contribution in [2.45, 2.75) is 24.8 Å². The zero-order valence-electron chi connectivity index (χ0n) is 16.4. The second-order valence-electron chi connectivity index (χ2n) is 8.12. The molecule has 3 aliphatic rings. The monoisotopic (exact) mass is 408 g/mol. The summed E-state index contributed by atoms with van der Waals surface area (Å²) in [5.41, 5.74) is 0.798. The van der Waals surface area contributed by atoms with E-state index in [1.165, 1.54) is 18.5 Å². The molecule has 7 nitrogen and oxygen atoms in total. The van der Waals surface area contributed by atoms with Gasteiger partial charge in [0.25, 0.3) is 0 Å². The Kier molecular flexibility index (Phi) is 4.39. The number of carbonyl (C=O) groups is 2. The Morgan fingerprint density at radius 3 is 2.87 bits per heavy atom. The number of benzene rings is 1. The number of halogens is 1. The highest BCUT2D eigenvalue weighted by molar-refractivity contribution is 5.93. The molecule has 0 saturated carbocycles. The van der Waals surface area contributed by atoms with Crippen LogP contribution in [0.15, 0.2) is 55.0 Å². The van der Waals surface area contributed by atoms with E-state index in [-0.39, 0.29) is 17.6 Å². The van der Waals surface area contributed by atoms with Crippen LogP contribution < -0.4 is 0 Å². The lowest BCUT2D eigenvalue weighted by molar-refractivity contribution is -0.142. The molecule has 2 bridgehead atoms. The Hall–Kier alpha value is -3.13. The molecule has 0 aliphatic carbocycles. The molecule has 1 aromatic heterocycles. The number of aromatic nitrogens is 2. The average molecular weight is 408 g/mol. The van der Waals surface area contributed by atoms with Gasteiger partial charge in [-0.15, -0.1) is 0 Å². The number of ether oxygens (including phenoxy) is 1. The van der Waals surface area contributed by atoms with Crippen LogP contribution in [0, 0.1) is 17.7 Å². The molecular formula is C22H21FN4O3. The third kappa shape index (κ3) is 2.99. The fourth-order valence-electron chi connectivity index (χ4n) is 4.79. The van der Waals surface area contributed by atoms with Gasteiger partial charge in [0.1, 0.15) is 17.7 Å². The van der Waals surface area contributed by atoms with Crippen LogP contribution in [0.2, 0.25) is 0 Å². The Morgan fingerprint density at radius 2 is 2.13 bits per heavy atom. The minimum absolute atomic E-state index is 0.0973. The van der Waals surface area contributed by atoms with Crippen molar-refractivity contribution in [3.8, 4) is 0 Å². The van der Waals surface area contributed by atoms with Crippen LogP contribution in [0.3, 0.4) is 0 Å². The summed E-state index contributed by atoms with van der Waals surface area (Å²) in [6, 6.07) is 7.85. The number of nitrogens with zero attached hydrogens (tertiary/aromatic N) is 4. The predicted molar refractivity (Wildman–Crippen MR) is 104 cm³/mol. The number of amides is 2. The molecule has 1 spiro atoms. The van der Waals surface area contributed by atoms with Crippen LogP contribution >= 0.6 is 0 Å². The van der Waals surface area contributed by atoms with Gasteiger partial charge in [-0.05, 0) is 23.8 Å². The predicted octanol–water partition coefficient (Wildman–Crippen LogP) is 1.56. The van der Waals surface area contributed by atoms with E-state index in [9.17, 15) is 14.0 Å². The van der Waals surface area contributed by atoms with Gasteiger partial charge in [0, 0.05) is 19.8 Å². The molecule has 1 aromatic carbocycles. The van der Waals surface area contributed by atoms with Gasteiger partial charge in [-0.25, -0.2) is 14.4 Å². The van der Waals surface area contributed by atoms with Crippen molar-refractivity contribution in [2.75, 3.05) is 13.6 Å². The summed E-state index contributed by atoms with van der Waals surface area (Å²) in [5.74, 6) is -1.66. The average Bonchev–Trinajstić information content (AvgIpc) is 3.38. The first kappa shape index (κ1) is 18.9. The second kappa shape index (κ2) is 6.98. The van der Waals surface area contributed by atoms with Gasteiger partial charge in [0.15, 0.2) is 0 Å². The maximum atomic E-state index is 13.3. The molecule has 30 heavy (non-hydrogen) atoms. The fraction of sp³-hybridized carbons (Fsp3) is 0.364. The van der Waals surface area contributed by atoms with E-state index in [0.717, 1.165) is 11.3 Å². The zero-order chi connectivity index (χ0) is 20.9. The minimum atomic E-state index is -0.766. The maximum Gasteiger partial charge on any atom is 0.230 e. The summed E-state index contributed by atoms with van der Waals surface area (Å²) >= 11 is 0. The topological polar surface area (TPSA) is 75.6 Å². The first-order chi connectivity index (χ1) is 14.5. The normalized spacial score (nSPS) is 28.8. The molecule has 8 heteroatoms. The van der Waals surface area contributed by atoms with E-state index in [2.05, 4.69) is 9.97 Å². The fourth-order valence-corrected chi connectivity index (χ4v) is 4.79. The van der Waals surface area contributed by atoms with Gasteiger partial charge in [-0.1, -0.05) is 24.3 Å². The molecule has 2 aromatic rings. The Labute approximate surface area is 173 Å². The smallest absolute Gasteiger partial charge is 0.230 e. The van der Waals surface area contributed by atoms with Crippen molar-refractivity contribution in [1.29, 1.82) is 0 Å². The van der Waals surface area contributed by atoms with Gasteiger partial charge in [0.2, 0.25) is 11.8 Å². The van der Waals surface area contributed by atoms with Crippen LogP contribution in [0.4, 0.5) is 4.39 Å². The number of likely N-dealkylation sites (tertiary alicyclic amines) is 1. The molecule has 2 amide bonds. The first-order valence-corrected chi connectivity index (χ1v) is 9.87. The van der Waals surface area contributed by atoms with Crippen LogP contribution in [-0.4, -0.2) is 56.9 Å². The van der Waals surface area contributed by atoms with Crippen LogP contribution in [0.25, 0.3) is 0 Å². The molecule has 2 fully saturated rings. The van der Waals surface area contributed by atoms with Crippen molar-refractivity contribution in [1.82, 2.24) is 19.8 Å². The van der Waals surface area contributed by atoms with Crippen molar-refractivity contribution in [3.63, 3.8) is 0 Å². The Bertz CT molecular complexity index is 1010. The summed E-state index contributed by atoms with van der Waals surface area (Å²) in [5, 5.41) is 0. The molecule has 154 valence electrons. The summed E-state index contributed by atoms with van der Waals surface area (Å²) in [7, 11) is 1.71. The number of hydrogen-bond donors (Lipinski definition) is 0. The highest BCUT2D eigenvalue weighted by Crippen LogP contribution is 2.52. The SMILES string of the molecule is CN(Cc1ccncn1)C(=O)[C@@H]1[C@@H]2C=C[C@@]3(CN(Cc4ccc(F)cc4)C(=O)[C@H]13)O2. The Morgan fingerprint density at radius 1 is 1.33 bits per heavy atom. The maximum absolute atomic E-state index is 13.3. The molecular weight excluding hydrogens is 387 g/mol. The highest BCUT2D eigenvalue weighted by atomic mass is 19.1. The van der Waals surface area contributed by atoms with Gasteiger partial charge < -0.3 is 14.5 Å². The number of rotatable bonds is 5. The minimum Gasteiger partial charge on any atom is -0.360 e. The molecule has 3 aliphatic heterocycles. The molecule has 4 atom stereocenters. The number of carbonyl (C=O) groups excluding carboxylic acids is 2. The van der Waals surface area contributed by atoms with E-state index in [4.69, 9.17) is 4.74 Å². The van der Waals surface area contributed by atoms with Crippen LogP contribution in [-0.2, 0) is 27.4 Å². The quantitative estimate of drug-likeness (QED) is 0.702. The van der Waals surface area contributed by atoms with Gasteiger partial charge in [0.05, 0.1) is 36.7 Å². The molecule has 4 heterocycles. The lowest BCUT2D eigenvalue weighted by atomic mass is 9.76. The van der Waals surface area contributed by atoms with Crippen molar-refractivity contribution in [2.24, 2.45) is 11.8 Å². The van der Waals surface area contributed by atoms with Crippen molar-refractivity contribution in [3.05, 3.63) is 72.1 Å². The van der Waals surface area contributed by atoms with Gasteiger partial charge in [-0.2, -0.15) is 0 Å². The van der Waals surface area contributed by atoms with E-state index >= 15 is 0 Å². The molecule has 0 N–H and O–H groups in total. The lowest BCUT2D eigenvalue weighted by Crippen LogP contribution is -2.44. The largest absolute Gasteiger partial charge is 0.360 e. The first-order valence-electron chi connectivity index (χ1n) is 9.87. The molecule has 0 radical (unpaired) electrons. The standard InChI is InChI=1S/C22H21FN4O3/c1-26(11-16-7-9-24-13-25-16)20(28)18-17-6-8-22(30-17)12-27(21(29)19(18)22)10-14-2-4-15(23)5-3-14/h2-9,13,17-19H,10-12H2,1H3/t17-,18+,19-,22-/m0/s1. The molecule has 0 unspecified atom stereocenters. The summed E-state index contributed by atoms with van der Waals surface area (Å²) in [4.78, 5) is 37.9. The van der Waals surface area contributed by atoms with Gasteiger partial charge in [-0.3, -0.25) is 9.59 Å². The van der Waals surface area contributed by atoms with E-state index in [0.29, 0.717) is 19.6 Å². The van der Waals surface area contributed by atoms with Crippen LogP contribution in [0.5, 0.6) is 0 Å². The molecule has 2 saturated heterocycles. The summed E-state index contributed by atoms with van der Waals surface area (Å²) in [6.45, 7) is 1.08. The van der Waals surface area contributed by atoms with E-state index in [1.54, 1.807) is 41.2 Å². The Balaban J connectivity index is 1.35. The van der Waals surface area contributed by atoms with Crippen molar-refractivity contribution < 1.29 is 18.7 Å². The zero-order valence-corrected chi connectivity index (χ0v) is 16.4. The summed E-state index contributed by atoms with van der Waals surface area (Å²) < 4.78 is 19.4. The molecule has 5 rings (SSSR count).